The molecule has 0 atom stereocenters. The molecule has 5 heteroatoms. The average Bonchev–Trinajstić information content (AvgIpc) is 2.52. The van der Waals surface area contributed by atoms with Crippen LogP contribution in [0.2, 0.25) is 0 Å². The first-order valence-corrected chi connectivity index (χ1v) is 7.29. The van der Waals surface area contributed by atoms with Gasteiger partial charge in [-0.2, -0.15) is 0 Å². The number of ketones is 1. The van der Waals surface area contributed by atoms with Crippen LogP contribution in [0.25, 0.3) is 0 Å². The second kappa shape index (κ2) is 7.67. The summed E-state index contributed by atoms with van der Waals surface area (Å²) >= 11 is 0. The Morgan fingerprint density at radius 1 is 1.14 bits per heavy atom. The molecule has 5 nitrogen and oxygen atoms in total. The summed E-state index contributed by atoms with van der Waals surface area (Å²) in [6.45, 7) is 3.45. The number of hydrogen-bond acceptors (Lipinski definition) is 5. The van der Waals surface area contributed by atoms with Crippen molar-refractivity contribution in [3.63, 3.8) is 0 Å². The van der Waals surface area contributed by atoms with E-state index in [1.165, 1.54) is 0 Å². The summed E-state index contributed by atoms with van der Waals surface area (Å²) in [5.41, 5.74) is 0.528. The second-order valence-electron chi connectivity index (χ2n) is 4.86. The van der Waals surface area contributed by atoms with Crippen molar-refractivity contribution in [1.82, 2.24) is 0 Å². The van der Waals surface area contributed by atoms with E-state index >= 15 is 0 Å². The number of esters is 1. The van der Waals surface area contributed by atoms with Gasteiger partial charge in [-0.15, -0.1) is 0 Å². The molecule has 0 fully saturated rings. The van der Waals surface area contributed by atoms with Gasteiger partial charge in [0.15, 0.2) is 17.3 Å². The van der Waals surface area contributed by atoms with Crippen LogP contribution in [0.15, 0.2) is 18.2 Å². The molecule has 1 aliphatic rings. The van der Waals surface area contributed by atoms with E-state index in [1.807, 2.05) is 6.92 Å². The minimum atomic E-state index is -0.325. The normalized spacial score (nSPS) is 12.8. The van der Waals surface area contributed by atoms with E-state index in [0.717, 1.165) is 12.8 Å². The van der Waals surface area contributed by atoms with Crippen LogP contribution in [0.4, 0.5) is 0 Å². The zero-order valence-electron chi connectivity index (χ0n) is 12.2. The van der Waals surface area contributed by atoms with E-state index in [1.54, 1.807) is 18.2 Å². The van der Waals surface area contributed by atoms with E-state index in [0.29, 0.717) is 36.9 Å². The van der Waals surface area contributed by atoms with Gasteiger partial charge in [-0.3, -0.25) is 9.59 Å². The fraction of sp³-hybridized carbons (Fsp3) is 0.500. The van der Waals surface area contributed by atoms with E-state index in [-0.39, 0.29) is 24.6 Å². The van der Waals surface area contributed by atoms with Crippen molar-refractivity contribution in [3.8, 4) is 11.5 Å². The number of benzene rings is 1. The Kier molecular flexibility index (Phi) is 5.60. The minimum Gasteiger partial charge on any atom is -0.486 e. The highest BCUT2D eigenvalue weighted by Crippen LogP contribution is 2.31. The number of fused-ring (bicyclic) bond motifs is 1. The van der Waals surface area contributed by atoms with E-state index in [2.05, 4.69) is 0 Å². The molecule has 1 heterocycles. The highest BCUT2D eigenvalue weighted by atomic mass is 16.6. The van der Waals surface area contributed by atoms with Gasteiger partial charge in [0.2, 0.25) is 0 Å². The van der Waals surface area contributed by atoms with Crippen LogP contribution in [0, 0.1) is 0 Å². The molecule has 1 aromatic carbocycles. The fourth-order valence-electron chi connectivity index (χ4n) is 1.98. The van der Waals surface area contributed by atoms with Gasteiger partial charge in [0.25, 0.3) is 0 Å². The third-order valence-corrected chi connectivity index (χ3v) is 3.18. The smallest absolute Gasteiger partial charge is 0.306 e. The van der Waals surface area contributed by atoms with Crippen molar-refractivity contribution in [2.24, 2.45) is 0 Å². The third kappa shape index (κ3) is 4.48. The van der Waals surface area contributed by atoms with Crippen LogP contribution in [0.3, 0.4) is 0 Å². The van der Waals surface area contributed by atoms with Gasteiger partial charge in [-0.1, -0.05) is 13.3 Å². The lowest BCUT2D eigenvalue weighted by molar-refractivity contribution is -0.143. The van der Waals surface area contributed by atoms with Gasteiger partial charge in [0.1, 0.15) is 13.2 Å². The highest BCUT2D eigenvalue weighted by Gasteiger charge is 2.16. The topological polar surface area (TPSA) is 61.8 Å². The molecule has 0 saturated heterocycles. The van der Waals surface area contributed by atoms with E-state index in [9.17, 15) is 9.59 Å². The Morgan fingerprint density at radius 3 is 2.67 bits per heavy atom. The standard InChI is InChI=1S/C16H20O5/c1-2-3-8-21-16(18)7-5-13(17)12-4-6-14-15(11-12)20-10-9-19-14/h4,6,11H,2-3,5,7-10H2,1H3. The van der Waals surface area contributed by atoms with Crippen LogP contribution in [0.5, 0.6) is 11.5 Å². The summed E-state index contributed by atoms with van der Waals surface area (Å²) in [7, 11) is 0. The lowest BCUT2D eigenvalue weighted by Gasteiger charge is -2.18. The van der Waals surface area contributed by atoms with Crippen LogP contribution < -0.4 is 9.47 Å². The number of carbonyl (C=O) groups is 2. The largest absolute Gasteiger partial charge is 0.486 e. The SMILES string of the molecule is CCCCOC(=O)CCC(=O)c1ccc2c(c1)OCCO2. The van der Waals surface area contributed by atoms with Crippen molar-refractivity contribution in [2.75, 3.05) is 19.8 Å². The molecule has 21 heavy (non-hydrogen) atoms. The van der Waals surface area contributed by atoms with Crippen LogP contribution in [0.1, 0.15) is 43.0 Å². The molecule has 1 aromatic rings. The fourth-order valence-corrected chi connectivity index (χ4v) is 1.98. The number of rotatable bonds is 7. The molecule has 0 bridgehead atoms. The van der Waals surface area contributed by atoms with Gasteiger partial charge in [0, 0.05) is 12.0 Å². The van der Waals surface area contributed by atoms with Crippen LogP contribution in [-0.2, 0) is 9.53 Å². The summed E-state index contributed by atoms with van der Waals surface area (Å²) < 4.78 is 15.9. The monoisotopic (exact) mass is 292 g/mol. The lowest BCUT2D eigenvalue weighted by atomic mass is 10.1. The summed E-state index contributed by atoms with van der Waals surface area (Å²) in [4.78, 5) is 23.5. The molecule has 0 saturated carbocycles. The molecule has 0 aliphatic carbocycles. The predicted molar refractivity (Wildman–Crippen MR) is 76.9 cm³/mol. The summed E-state index contributed by atoms with van der Waals surface area (Å²) in [5, 5.41) is 0. The number of unbranched alkanes of at least 4 members (excludes halogenated alkanes) is 1. The van der Waals surface area contributed by atoms with Crippen molar-refractivity contribution in [1.29, 1.82) is 0 Å². The Balaban J connectivity index is 1.84. The number of hydrogen-bond donors (Lipinski definition) is 0. The zero-order valence-corrected chi connectivity index (χ0v) is 12.2. The summed E-state index contributed by atoms with van der Waals surface area (Å²) in [6, 6.07) is 5.08. The molecule has 0 N–H and O–H groups in total. The van der Waals surface area contributed by atoms with Gasteiger partial charge in [-0.05, 0) is 24.6 Å². The highest BCUT2D eigenvalue weighted by molar-refractivity contribution is 5.98. The Labute approximate surface area is 124 Å². The van der Waals surface area contributed by atoms with Crippen molar-refractivity contribution in [2.45, 2.75) is 32.6 Å². The first-order chi connectivity index (χ1) is 10.2. The molecule has 0 aromatic heterocycles. The predicted octanol–water partition coefficient (Wildman–Crippen LogP) is 2.76. The molecule has 2 rings (SSSR count). The Bertz CT molecular complexity index is 509. The first kappa shape index (κ1) is 15.4. The second-order valence-corrected chi connectivity index (χ2v) is 4.86. The van der Waals surface area contributed by atoms with E-state index < -0.39 is 0 Å². The van der Waals surface area contributed by atoms with Crippen LogP contribution >= 0.6 is 0 Å². The molecular formula is C16H20O5. The molecule has 0 unspecified atom stereocenters. The van der Waals surface area contributed by atoms with Gasteiger partial charge < -0.3 is 14.2 Å². The number of ether oxygens (including phenoxy) is 3. The van der Waals surface area contributed by atoms with Gasteiger partial charge in [0.05, 0.1) is 13.0 Å². The average molecular weight is 292 g/mol. The molecule has 114 valence electrons. The number of Topliss-reactive ketones (excluding diaryl/α,β-unsaturated/α-hetero) is 1. The lowest BCUT2D eigenvalue weighted by Crippen LogP contribution is -2.16. The van der Waals surface area contributed by atoms with Crippen LogP contribution in [-0.4, -0.2) is 31.6 Å². The summed E-state index contributed by atoms with van der Waals surface area (Å²) in [6.07, 6.45) is 2.08. The zero-order chi connectivity index (χ0) is 15.1. The maximum atomic E-state index is 12.1. The number of carbonyl (C=O) groups excluding carboxylic acids is 2. The maximum Gasteiger partial charge on any atom is 0.306 e. The molecule has 1 aliphatic heterocycles. The quantitative estimate of drug-likeness (QED) is 0.439. The molecule has 0 radical (unpaired) electrons. The van der Waals surface area contributed by atoms with Crippen molar-refractivity contribution < 1.29 is 23.8 Å². The molecular weight excluding hydrogens is 272 g/mol. The Hall–Kier alpha value is -2.04. The molecule has 0 spiro atoms. The first-order valence-electron chi connectivity index (χ1n) is 7.29. The Morgan fingerprint density at radius 2 is 1.90 bits per heavy atom. The molecule has 0 amide bonds. The van der Waals surface area contributed by atoms with Crippen molar-refractivity contribution in [3.05, 3.63) is 23.8 Å². The van der Waals surface area contributed by atoms with Gasteiger partial charge >= 0.3 is 5.97 Å². The van der Waals surface area contributed by atoms with Crippen molar-refractivity contribution >= 4 is 11.8 Å². The van der Waals surface area contributed by atoms with E-state index in [4.69, 9.17) is 14.2 Å². The maximum absolute atomic E-state index is 12.1. The summed E-state index contributed by atoms with van der Waals surface area (Å²) in [5.74, 6) is 0.808. The third-order valence-electron chi connectivity index (χ3n) is 3.18. The minimum absolute atomic E-state index is 0.0978. The van der Waals surface area contributed by atoms with Gasteiger partial charge in [-0.25, -0.2) is 0 Å².